The third-order valence-corrected chi connectivity index (χ3v) is 5.58. The Morgan fingerprint density at radius 3 is 3.17 bits per heavy atom. The zero-order valence-electron chi connectivity index (χ0n) is 14.1. The van der Waals surface area contributed by atoms with E-state index in [-0.39, 0.29) is 0 Å². The number of aromatic nitrogens is 2. The Bertz CT molecular complexity index is 693. The average Bonchev–Trinajstić information content (AvgIpc) is 2.97. The molecule has 1 aromatic heterocycles. The summed E-state index contributed by atoms with van der Waals surface area (Å²) in [6, 6.07) is 6.29. The van der Waals surface area contributed by atoms with Gasteiger partial charge in [0.15, 0.2) is 5.96 Å². The van der Waals surface area contributed by atoms with Gasteiger partial charge in [0.05, 0.1) is 17.6 Å². The number of thioether (sulfide) groups is 1. The van der Waals surface area contributed by atoms with E-state index in [4.69, 9.17) is 0 Å². The average molecular weight is 331 g/mol. The van der Waals surface area contributed by atoms with Gasteiger partial charge in [-0.25, -0.2) is 4.98 Å². The van der Waals surface area contributed by atoms with Crippen LogP contribution in [0.1, 0.15) is 24.7 Å². The SMILES string of the molecule is CCC1CN(C(=NC)NCc2nc3ccc(C)cc3[nH]2)CCS1. The van der Waals surface area contributed by atoms with Crippen molar-refractivity contribution in [1.82, 2.24) is 20.2 Å². The van der Waals surface area contributed by atoms with E-state index in [9.17, 15) is 0 Å². The molecule has 2 aromatic rings. The molecule has 0 saturated carbocycles. The monoisotopic (exact) mass is 331 g/mol. The van der Waals surface area contributed by atoms with Crippen LogP contribution >= 0.6 is 11.8 Å². The number of fused-ring (bicyclic) bond motifs is 1. The van der Waals surface area contributed by atoms with Gasteiger partial charge in [-0.05, 0) is 31.0 Å². The zero-order chi connectivity index (χ0) is 16.2. The topological polar surface area (TPSA) is 56.3 Å². The number of H-pyrrole nitrogens is 1. The minimum atomic E-state index is 0.667. The van der Waals surface area contributed by atoms with Gasteiger partial charge in [0.25, 0.3) is 0 Å². The highest BCUT2D eigenvalue weighted by Crippen LogP contribution is 2.21. The molecule has 124 valence electrons. The maximum Gasteiger partial charge on any atom is 0.194 e. The predicted octanol–water partition coefficient (Wildman–Crippen LogP) is 2.77. The molecule has 6 heteroatoms. The summed E-state index contributed by atoms with van der Waals surface area (Å²) in [6.07, 6.45) is 1.21. The van der Waals surface area contributed by atoms with E-state index in [0.717, 1.165) is 35.9 Å². The van der Waals surface area contributed by atoms with E-state index in [1.165, 1.54) is 17.7 Å². The van der Waals surface area contributed by atoms with Gasteiger partial charge >= 0.3 is 0 Å². The lowest BCUT2D eigenvalue weighted by Crippen LogP contribution is -2.47. The third kappa shape index (κ3) is 3.80. The third-order valence-electron chi connectivity index (χ3n) is 4.21. The summed E-state index contributed by atoms with van der Waals surface area (Å²) < 4.78 is 0. The maximum atomic E-state index is 4.64. The van der Waals surface area contributed by atoms with Gasteiger partial charge in [0.1, 0.15) is 5.82 Å². The molecule has 1 aromatic carbocycles. The van der Waals surface area contributed by atoms with Crippen LogP contribution in [0.25, 0.3) is 11.0 Å². The first kappa shape index (κ1) is 16.2. The van der Waals surface area contributed by atoms with Crippen molar-refractivity contribution < 1.29 is 0 Å². The molecule has 2 heterocycles. The Balaban J connectivity index is 1.65. The second-order valence-electron chi connectivity index (χ2n) is 5.95. The molecule has 0 bridgehead atoms. The van der Waals surface area contributed by atoms with Crippen LogP contribution in [0.15, 0.2) is 23.2 Å². The number of aryl methyl sites for hydroxylation is 1. The van der Waals surface area contributed by atoms with Gasteiger partial charge in [0.2, 0.25) is 0 Å². The van der Waals surface area contributed by atoms with Crippen molar-refractivity contribution in [3.05, 3.63) is 29.6 Å². The van der Waals surface area contributed by atoms with E-state index in [1.54, 1.807) is 0 Å². The molecule has 1 saturated heterocycles. The van der Waals surface area contributed by atoms with E-state index in [2.05, 4.69) is 69.0 Å². The van der Waals surface area contributed by atoms with Crippen LogP contribution in [0.2, 0.25) is 0 Å². The number of aromatic amines is 1. The normalized spacial score (nSPS) is 19.3. The van der Waals surface area contributed by atoms with Crippen molar-refractivity contribution in [3.8, 4) is 0 Å². The standard InChI is InChI=1S/C17H25N5S/c1-4-13-11-22(7-8-23-13)17(18-3)19-10-16-20-14-6-5-12(2)9-15(14)21-16/h5-6,9,13H,4,7-8,10-11H2,1-3H3,(H,18,19)(H,20,21). The predicted molar refractivity (Wildman–Crippen MR) is 99.1 cm³/mol. The molecular formula is C17H25N5S. The van der Waals surface area contributed by atoms with Gasteiger partial charge in [-0.2, -0.15) is 11.8 Å². The first-order valence-electron chi connectivity index (χ1n) is 8.22. The van der Waals surface area contributed by atoms with Gasteiger partial charge in [-0.3, -0.25) is 4.99 Å². The second-order valence-corrected chi connectivity index (χ2v) is 7.36. The highest BCUT2D eigenvalue weighted by molar-refractivity contribution is 8.00. The zero-order valence-corrected chi connectivity index (χ0v) is 14.9. The molecule has 2 N–H and O–H groups in total. The lowest BCUT2D eigenvalue weighted by Gasteiger charge is -2.34. The Morgan fingerprint density at radius 2 is 2.39 bits per heavy atom. The van der Waals surface area contributed by atoms with Crippen LogP contribution < -0.4 is 5.32 Å². The number of imidazole rings is 1. The van der Waals surface area contributed by atoms with E-state index in [0.29, 0.717) is 11.8 Å². The number of nitrogens with zero attached hydrogens (tertiary/aromatic N) is 3. The quantitative estimate of drug-likeness (QED) is 0.671. The van der Waals surface area contributed by atoms with Gasteiger partial charge in [0, 0.05) is 31.1 Å². The molecule has 1 atom stereocenters. The molecule has 0 radical (unpaired) electrons. The molecule has 1 aliphatic heterocycles. The van der Waals surface area contributed by atoms with Crippen LogP contribution in [0.3, 0.4) is 0 Å². The summed E-state index contributed by atoms with van der Waals surface area (Å²) in [5.74, 6) is 3.09. The fourth-order valence-electron chi connectivity index (χ4n) is 2.91. The van der Waals surface area contributed by atoms with Crippen molar-refractivity contribution in [2.24, 2.45) is 4.99 Å². The summed E-state index contributed by atoms with van der Waals surface area (Å²) in [5, 5.41) is 4.15. The van der Waals surface area contributed by atoms with Gasteiger partial charge < -0.3 is 15.2 Å². The fraction of sp³-hybridized carbons (Fsp3) is 0.529. The van der Waals surface area contributed by atoms with Crippen molar-refractivity contribution in [3.63, 3.8) is 0 Å². The molecule has 1 aliphatic rings. The van der Waals surface area contributed by atoms with Crippen LogP contribution in [0.4, 0.5) is 0 Å². The molecular weight excluding hydrogens is 306 g/mol. The Kier molecular flexibility index (Phi) is 5.10. The summed E-state index contributed by atoms with van der Waals surface area (Å²) in [4.78, 5) is 14.8. The Labute approximate surface area is 142 Å². The molecule has 3 rings (SSSR count). The maximum absolute atomic E-state index is 4.64. The van der Waals surface area contributed by atoms with Gasteiger partial charge in [-0.15, -0.1) is 0 Å². The van der Waals surface area contributed by atoms with Crippen molar-refractivity contribution >= 4 is 28.8 Å². The number of nitrogens with one attached hydrogen (secondary N) is 2. The highest BCUT2D eigenvalue weighted by atomic mass is 32.2. The molecule has 0 aliphatic carbocycles. The number of hydrogen-bond donors (Lipinski definition) is 2. The lowest BCUT2D eigenvalue weighted by molar-refractivity contribution is 0.407. The summed E-state index contributed by atoms with van der Waals surface area (Å²) in [5.41, 5.74) is 3.35. The minimum absolute atomic E-state index is 0.667. The molecule has 0 spiro atoms. The molecule has 23 heavy (non-hydrogen) atoms. The lowest BCUT2D eigenvalue weighted by atomic mass is 10.2. The van der Waals surface area contributed by atoms with Crippen molar-refractivity contribution in [1.29, 1.82) is 0 Å². The number of hydrogen-bond acceptors (Lipinski definition) is 3. The van der Waals surface area contributed by atoms with Crippen LogP contribution in [0, 0.1) is 6.92 Å². The second kappa shape index (κ2) is 7.25. The van der Waals surface area contributed by atoms with Crippen LogP contribution in [-0.4, -0.2) is 52.0 Å². The molecule has 5 nitrogen and oxygen atoms in total. The minimum Gasteiger partial charge on any atom is -0.349 e. The number of benzene rings is 1. The summed E-state index contributed by atoms with van der Waals surface area (Å²) in [6.45, 7) is 7.15. The Hall–Kier alpha value is -1.69. The number of aliphatic imine (C=N–C) groups is 1. The fourth-order valence-corrected chi connectivity index (χ4v) is 4.09. The van der Waals surface area contributed by atoms with E-state index >= 15 is 0 Å². The largest absolute Gasteiger partial charge is 0.349 e. The van der Waals surface area contributed by atoms with Crippen molar-refractivity contribution in [2.45, 2.75) is 32.1 Å². The summed E-state index contributed by atoms with van der Waals surface area (Å²) in [7, 11) is 1.85. The van der Waals surface area contributed by atoms with Crippen molar-refractivity contribution in [2.75, 3.05) is 25.9 Å². The molecule has 1 fully saturated rings. The highest BCUT2D eigenvalue weighted by Gasteiger charge is 2.21. The van der Waals surface area contributed by atoms with Crippen LogP contribution in [-0.2, 0) is 6.54 Å². The van der Waals surface area contributed by atoms with E-state index in [1.807, 2.05) is 7.05 Å². The first-order chi connectivity index (χ1) is 11.2. The van der Waals surface area contributed by atoms with Gasteiger partial charge in [-0.1, -0.05) is 13.0 Å². The Morgan fingerprint density at radius 1 is 1.52 bits per heavy atom. The van der Waals surface area contributed by atoms with E-state index < -0.39 is 0 Å². The number of guanidine groups is 1. The van der Waals surface area contributed by atoms with Crippen LogP contribution in [0.5, 0.6) is 0 Å². The number of rotatable bonds is 3. The summed E-state index contributed by atoms with van der Waals surface area (Å²) >= 11 is 2.07. The first-order valence-corrected chi connectivity index (χ1v) is 9.27. The smallest absolute Gasteiger partial charge is 0.194 e. The molecule has 1 unspecified atom stereocenters. The molecule has 0 amide bonds.